The van der Waals surface area contributed by atoms with E-state index in [1.165, 1.54) is 0 Å². The molecule has 7 N–H and O–H groups in total. The van der Waals surface area contributed by atoms with Crippen LogP contribution in [-0.2, 0) is 19.2 Å². The van der Waals surface area contributed by atoms with E-state index >= 15 is 0 Å². The lowest BCUT2D eigenvalue weighted by molar-refractivity contribution is -0.138. The van der Waals surface area contributed by atoms with Crippen LogP contribution in [0, 0.1) is 0 Å². The first kappa shape index (κ1) is 18.4. The second-order valence-corrected chi connectivity index (χ2v) is 4.58. The van der Waals surface area contributed by atoms with Gasteiger partial charge in [-0.2, -0.15) is 12.6 Å². The summed E-state index contributed by atoms with van der Waals surface area (Å²) in [6.45, 7) is -0.633. The SMILES string of the molecule is NC(CCC(=O)O)C(=O)C(S)C(N)C(=O)NCC(=O)O. The number of hydrogen-bond donors (Lipinski definition) is 6. The van der Waals surface area contributed by atoms with Crippen LogP contribution in [0.3, 0.4) is 0 Å². The number of nitrogens with one attached hydrogen (secondary N) is 1. The molecule has 114 valence electrons. The number of ketones is 1. The van der Waals surface area contributed by atoms with Gasteiger partial charge in [-0.05, 0) is 6.42 Å². The maximum atomic E-state index is 11.8. The molecule has 0 bridgehead atoms. The average Bonchev–Trinajstić information content (AvgIpc) is 2.39. The van der Waals surface area contributed by atoms with Crippen molar-refractivity contribution >= 4 is 36.3 Å². The standard InChI is InChI=1S/C10H17N3O6S/c11-4(1-2-5(14)15)8(18)9(20)7(12)10(19)13-3-6(16)17/h4,7,9,20H,1-3,11-12H2,(H,13,19)(H,14,15)(H,16,17). The number of carboxylic acids is 2. The van der Waals surface area contributed by atoms with E-state index in [9.17, 15) is 19.2 Å². The Hall–Kier alpha value is -1.65. The van der Waals surface area contributed by atoms with E-state index in [1.54, 1.807) is 0 Å². The molecule has 0 spiro atoms. The first-order valence-corrected chi connectivity index (χ1v) is 6.12. The minimum atomic E-state index is -1.37. The van der Waals surface area contributed by atoms with Crippen molar-refractivity contribution in [1.29, 1.82) is 0 Å². The van der Waals surface area contributed by atoms with Crippen LogP contribution in [0.1, 0.15) is 12.8 Å². The van der Waals surface area contributed by atoms with Gasteiger partial charge in [0, 0.05) is 6.42 Å². The molecule has 0 aromatic rings. The Morgan fingerprint density at radius 2 is 1.65 bits per heavy atom. The van der Waals surface area contributed by atoms with Crippen LogP contribution in [0.4, 0.5) is 0 Å². The van der Waals surface area contributed by atoms with Gasteiger partial charge >= 0.3 is 11.9 Å². The van der Waals surface area contributed by atoms with Crippen molar-refractivity contribution in [2.24, 2.45) is 11.5 Å². The van der Waals surface area contributed by atoms with Gasteiger partial charge in [-0.3, -0.25) is 19.2 Å². The summed E-state index contributed by atoms with van der Waals surface area (Å²) in [6.07, 6.45) is -0.400. The molecule has 9 nitrogen and oxygen atoms in total. The maximum absolute atomic E-state index is 11.8. The number of hydrogen-bond acceptors (Lipinski definition) is 7. The summed E-state index contributed by atoms with van der Waals surface area (Å²) in [5, 5.41) is 17.6. The predicted octanol–water partition coefficient (Wildman–Crippen LogP) is -2.43. The lowest BCUT2D eigenvalue weighted by Gasteiger charge is -2.20. The average molecular weight is 307 g/mol. The number of nitrogens with two attached hydrogens (primary N) is 2. The molecule has 0 aliphatic rings. The zero-order valence-electron chi connectivity index (χ0n) is 10.5. The largest absolute Gasteiger partial charge is 0.481 e. The molecule has 0 radical (unpaired) electrons. The summed E-state index contributed by atoms with van der Waals surface area (Å²) in [6, 6.07) is -2.48. The van der Waals surface area contributed by atoms with Gasteiger partial charge in [0.1, 0.15) is 12.6 Å². The third kappa shape index (κ3) is 6.50. The summed E-state index contributed by atoms with van der Waals surface area (Å²) < 4.78 is 0. The Morgan fingerprint density at radius 3 is 2.10 bits per heavy atom. The zero-order chi connectivity index (χ0) is 15.9. The molecule has 0 fully saturated rings. The summed E-state index contributed by atoms with van der Waals surface area (Å²) >= 11 is 3.88. The molecule has 0 saturated heterocycles. The Kier molecular flexibility index (Phi) is 7.80. The number of amides is 1. The highest BCUT2D eigenvalue weighted by Gasteiger charge is 2.31. The van der Waals surface area contributed by atoms with E-state index < -0.39 is 47.5 Å². The number of thiol groups is 1. The third-order valence-corrected chi connectivity index (χ3v) is 2.96. The molecule has 1 amide bonds. The second-order valence-electron chi connectivity index (χ2n) is 4.02. The fourth-order valence-corrected chi connectivity index (χ4v) is 1.57. The van der Waals surface area contributed by atoms with Gasteiger partial charge in [0.2, 0.25) is 5.91 Å². The van der Waals surface area contributed by atoms with Gasteiger partial charge in [-0.1, -0.05) is 0 Å². The van der Waals surface area contributed by atoms with Gasteiger partial charge in [0.25, 0.3) is 0 Å². The van der Waals surface area contributed by atoms with Crippen molar-refractivity contribution < 1.29 is 29.4 Å². The molecule has 0 rings (SSSR count). The molecule has 0 saturated carbocycles. The summed E-state index contributed by atoms with van der Waals surface area (Å²) in [5.74, 6) is -3.89. The van der Waals surface area contributed by atoms with Crippen molar-refractivity contribution in [1.82, 2.24) is 5.32 Å². The lowest BCUT2D eigenvalue weighted by Crippen LogP contribution is -2.53. The van der Waals surface area contributed by atoms with Crippen LogP contribution in [0.2, 0.25) is 0 Å². The number of aliphatic carboxylic acids is 2. The lowest BCUT2D eigenvalue weighted by atomic mass is 10.0. The van der Waals surface area contributed by atoms with Crippen LogP contribution < -0.4 is 16.8 Å². The zero-order valence-corrected chi connectivity index (χ0v) is 11.4. The molecular formula is C10H17N3O6S. The van der Waals surface area contributed by atoms with Crippen molar-refractivity contribution in [3.05, 3.63) is 0 Å². The molecule has 0 heterocycles. The Bertz CT molecular complexity index is 402. The summed E-state index contributed by atoms with van der Waals surface area (Å²) in [7, 11) is 0. The molecule has 0 aromatic heterocycles. The predicted molar refractivity (Wildman–Crippen MR) is 71.2 cm³/mol. The summed E-state index contributed by atoms with van der Waals surface area (Å²) in [5.41, 5.74) is 11.0. The first-order valence-electron chi connectivity index (χ1n) is 5.61. The van der Waals surface area contributed by atoms with E-state index in [0.29, 0.717) is 0 Å². The molecule has 3 unspecified atom stereocenters. The number of carboxylic acid groups (broad SMARTS) is 2. The van der Waals surface area contributed by atoms with E-state index in [1.807, 2.05) is 5.32 Å². The number of carbonyl (C=O) groups is 4. The van der Waals surface area contributed by atoms with Crippen molar-refractivity contribution in [3.63, 3.8) is 0 Å². The molecular weight excluding hydrogens is 290 g/mol. The van der Waals surface area contributed by atoms with Gasteiger partial charge in [0.05, 0.1) is 11.3 Å². The van der Waals surface area contributed by atoms with Gasteiger partial charge in [-0.15, -0.1) is 0 Å². The van der Waals surface area contributed by atoms with E-state index in [2.05, 4.69) is 12.6 Å². The summed E-state index contributed by atoms with van der Waals surface area (Å²) in [4.78, 5) is 43.8. The van der Waals surface area contributed by atoms with E-state index in [4.69, 9.17) is 21.7 Å². The van der Waals surface area contributed by atoms with Gasteiger partial charge in [0.15, 0.2) is 5.78 Å². The highest BCUT2D eigenvalue weighted by molar-refractivity contribution is 7.82. The Balaban J connectivity index is 4.43. The van der Waals surface area contributed by atoms with Crippen molar-refractivity contribution in [2.45, 2.75) is 30.2 Å². The van der Waals surface area contributed by atoms with Crippen molar-refractivity contribution in [3.8, 4) is 0 Å². The van der Waals surface area contributed by atoms with Crippen LogP contribution >= 0.6 is 12.6 Å². The molecule has 0 aliphatic heterocycles. The minimum Gasteiger partial charge on any atom is -0.481 e. The fourth-order valence-electron chi connectivity index (χ4n) is 1.24. The van der Waals surface area contributed by atoms with Crippen LogP contribution in [0.25, 0.3) is 0 Å². The molecule has 0 aromatic carbocycles. The molecule has 10 heteroatoms. The molecule has 20 heavy (non-hydrogen) atoms. The van der Waals surface area contributed by atoms with Crippen LogP contribution in [0.5, 0.6) is 0 Å². The van der Waals surface area contributed by atoms with Gasteiger partial charge < -0.3 is 27.0 Å². The third-order valence-electron chi connectivity index (χ3n) is 2.38. The quantitative estimate of drug-likeness (QED) is 0.255. The van der Waals surface area contributed by atoms with E-state index in [0.717, 1.165) is 0 Å². The Labute approximate surface area is 120 Å². The highest BCUT2D eigenvalue weighted by Crippen LogP contribution is 2.08. The first-order chi connectivity index (χ1) is 9.16. The number of carbonyl (C=O) groups excluding carboxylic acids is 2. The topological polar surface area (TPSA) is 173 Å². The Morgan fingerprint density at radius 1 is 1.10 bits per heavy atom. The van der Waals surface area contributed by atoms with E-state index in [-0.39, 0.29) is 12.8 Å². The van der Waals surface area contributed by atoms with Crippen molar-refractivity contribution in [2.75, 3.05) is 6.54 Å². The molecule has 0 aliphatic carbocycles. The monoisotopic (exact) mass is 307 g/mol. The second kappa shape index (κ2) is 8.51. The van der Waals surface area contributed by atoms with Crippen LogP contribution in [-0.4, -0.2) is 57.7 Å². The number of Topliss-reactive ketones (excluding diaryl/α,β-unsaturated/α-hetero) is 1. The fraction of sp³-hybridized carbons (Fsp3) is 0.600. The van der Waals surface area contributed by atoms with Gasteiger partial charge in [-0.25, -0.2) is 0 Å². The maximum Gasteiger partial charge on any atom is 0.322 e. The van der Waals surface area contributed by atoms with Crippen LogP contribution in [0.15, 0.2) is 0 Å². The molecule has 3 atom stereocenters. The minimum absolute atomic E-state index is 0.102. The normalized spacial score (nSPS) is 14.9. The smallest absolute Gasteiger partial charge is 0.322 e. The number of rotatable bonds is 9. The highest BCUT2D eigenvalue weighted by atomic mass is 32.1.